The Balaban J connectivity index is 1.26. The fourth-order valence-electron chi connectivity index (χ4n) is 4.56. The third-order valence-corrected chi connectivity index (χ3v) is 6.23. The molecule has 0 aromatic heterocycles. The third-order valence-electron chi connectivity index (χ3n) is 6.23. The number of ether oxygens (including phenoxy) is 2. The maximum atomic E-state index is 12.6. The second-order valence-corrected chi connectivity index (χ2v) is 8.07. The predicted octanol–water partition coefficient (Wildman–Crippen LogP) is 3.33. The zero-order valence-corrected chi connectivity index (χ0v) is 16.3. The van der Waals surface area contributed by atoms with Crippen LogP contribution in [0.2, 0.25) is 0 Å². The highest BCUT2D eigenvalue weighted by molar-refractivity contribution is 5.94. The monoisotopic (exact) mass is 372 g/mol. The average molecular weight is 373 g/mol. The number of benzene rings is 1. The van der Waals surface area contributed by atoms with Crippen LogP contribution in [-0.2, 0) is 4.74 Å². The first-order chi connectivity index (χ1) is 13.3. The Morgan fingerprint density at radius 2 is 1.56 bits per heavy atom. The number of piperidine rings is 2. The van der Waals surface area contributed by atoms with Crippen molar-refractivity contribution < 1.29 is 14.3 Å². The van der Waals surface area contributed by atoms with E-state index in [1.165, 1.54) is 6.42 Å². The van der Waals surface area contributed by atoms with Gasteiger partial charge in [-0.2, -0.15) is 0 Å². The van der Waals surface area contributed by atoms with Gasteiger partial charge < -0.3 is 14.4 Å². The molecule has 0 N–H and O–H groups in total. The van der Waals surface area contributed by atoms with E-state index in [2.05, 4.69) is 4.90 Å². The Kier molecular flexibility index (Phi) is 6.30. The smallest absolute Gasteiger partial charge is 0.253 e. The fourth-order valence-corrected chi connectivity index (χ4v) is 4.56. The van der Waals surface area contributed by atoms with Crippen LogP contribution in [0, 0.1) is 0 Å². The van der Waals surface area contributed by atoms with E-state index in [4.69, 9.17) is 9.47 Å². The van der Waals surface area contributed by atoms with Gasteiger partial charge in [0, 0.05) is 51.0 Å². The van der Waals surface area contributed by atoms with Gasteiger partial charge in [-0.15, -0.1) is 0 Å². The van der Waals surface area contributed by atoms with Crippen molar-refractivity contribution in [1.29, 1.82) is 0 Å². The Morgan fingerprint density at radius 1 is 0.889 bits per heavy atom. The topological polar surface area (TPSA) is 42.0 Å². The Hall–Kier alpha value is -1.59. The van der Waals surface area contributed by atoms with Crippen LogP contribution in [0.1, 0.15) is 55.3 Å². The molecule has 5 heteroatoms. The van der Waals surface area contributed by atoms with Crippen molar-refractivity contribution in [3.05, 3.63) is 29.8 Å². The van der Waals surface area contributed by atoms with E-state index in [9.17, 15) is 4.79 Å². The molecule has 0 aliphatic carbocycles. The van der Waals surface area contributed by atoms with Gasteiger partial charge in [0.05, 0.1) is 0 Å². The van der Waals surface area contributed by atoms with E-state index in [1.807, 2.05) is 29.2 Å². The molecule has 3 fully saturated rings. The van der Waals surface area contributed by atoms with Crippen LogP contribution >= 0.6 is 0 Å². The molecule has 4 rings (SSSR count). The Morgan fingerprint density at radius 3 is 2.22 bits per heavy atom. The number of carbonyl (C=O) groups excluding carboxylic acids is 1. The van der Waals surface area contributed by atoms with Gasteiger partial charge in [0.25, 0.3) is 5.91 Å². The summed E-state index contributed by atoms with van der Waals surface area (Å²) in [7, 11) is 0. The van der Waals surface area contributed by atoms with Gasteiger partial charge in [0.1, 0.15) is 11.9 Å². The van der Waals surface area contributed by atoms with Gasteiger partial charge in [-0.1, -0.05) is 0 Å². The average Bonchev–Trinajstić information content (AvgIpc) is 2.76. The van der Waals surface area contributed by atoms with Crippen molar-refractivity contribution in [2.45, 2.75) is 57.1 Å². The van der Waals surface area contributed by atoms with Crippen LogP contribution in [0.4, 0.5) is 0 Å². The summed E-state index contributed by atoms with van der Waals surface area (Å²) in [6.45, 7) is 5.82. The number of rotatable bonds is 4. The predicted molar refractivity (Wildman–Crippen MR) is 105 cm³/mol. The molecular formula is C22H32N2O3. The number of hydrogen-bond acceptors (Lipinski definition) is 4. The zero-order chi connectivity index (χ0) is 18.5. The van der Waals surface area contributed by atoms with Crippen LogP contribution < -0.4 is 4.74 Å². The van der Waals surface area contributed by atoms with Gasteiger partial charge in [-0.05, 0) is 69.2 Å². The first-order valence-corrected chi connectivity index (χ1v) is 10.7. The van der Waals surface area contributed by atoms with E-state index in [0.717, 1.165) is 89.2 Å². The molecule has 0 unspecified atom stereocenters. The van der Waals surface area contributed by atoms with E-state index >= 15 is 0 Å². The molecule has 1 aromatic carbocycles. The summed E-state index contributed by atoms with van der Waals surface area (Å²) < 4.78 is 11.7. The number of nitrogens with zero attached hydrogens (tertiary/aromatic N) is 2. The number of carbonyl (C=O) groups is 1. The second-order valence-electron chi connectivity index (χ2n) is 8.07. The van der Waals surface area contributed by atoms with Crippen molar-refractivity contribution in [2.75, 3.05) is 39.4 Å². The summed E-state index contributed by atoms with van der Waals surface area (Å²) in [5.74, 6) is 1.04. The van der Waals surface area contributed by atoms with Crippen LogP contribution in [0.15, 0.2) is 24.3 Å². The molecule has 0 spiro atoms. The minimum absolute atomic E-state index is 0.158. The Labute approximate surface area is 162 Å². The Bertz CT molecular complexity index is 598. The highest BCUT2D eigenvalue weighted by Gasteiger charge is 2.27. The normalized spacial score (nSPS) is 23.3. The van der Waals surface area contributed by atoms with Crippen molar-refractivity contribution in [3.8, 4) is 5.75 Å². The lowest BCUT2D eigenvalue weighted by Gasteiger charge is -2.39. The first-order valence-electron chi connectivity index (χ1n) is 10.7. The van der Waals surface area contributed by atoms with Crippen LogP contribution in [0.5, 0.6) is 5.75 Å². The van der Waals surface area contributed by atoms with Crippen molar-refractivity contribution >= 4 is 5.91 Å². The largest absolute Gasteiger partial charge is 0.490 e. The summed E-state index contributed by atoms with van der Waals surface area (Å²) in [4.78, 5) is 17.1. The van der Waals surface area contributed by atoms with Crippen molar-refractivity contribution in [1.82, 2.24) is 9.80 Å². The lowest BCUT2D eigenvalue weighted by atomic mass is 10.0. The molecule has 3 saturated heterocycles. The molecule has 0 bridgehead atoms. The van der Waals surface area contributed by atoms with Crippen LogP contribution in [0.3, 0.4) is 0 Å². The summed E-state index contributed by atoms with van der Waals surface area (Å²) in [6.07, 6.45) is 8.25. The maximum Gasteiger partial charge on any atom is 0.253 e. The summed E-state index contributed by atoms with van der Waals surface area (Å²) in [5, 5.41) is 0. The van der Waals surface area contributed by atoms with Gasteiger partial charge in [0.15, 0.2) is 0 Å². The molecule has 27 heavy (non-hydrogen) atoms. The summed E-state index contributed by atoms with van der Waals surface area (Å²) in [6, 6.07) is 8.46. The minimum Gasteiger partial charge on any atom is -0.490 e. The molecule has 3 aliphatic rings. The highest BCUT2D eigenvalue weighted by Crippen LogP contribution is 2.24. The summed E-state index contributed by atoms with van der Waals surface area (Å²) >= 11 is 0. The number of likely N-dealkylation sites (tertiary alicyclic amines) is 2. The van der Waals surface area contributed by atoms with Crippen LogP contribution in [-0.4, -0.2) is 67.2 Å². The zero-order valence-electron chi connectivity index (χ0n) is 16.3. The first kappa shape index (κ1) is 18.8. The van der Waals surface area contributed by atoms with Crippen molar-refractivity contribution in [3.63, 3.8) is 0 Å². The molecule has 0 saturated carbocycles. The highest BCUT2D eigenvalue weighted by atomic mass is 16.5. The van der Waals surface area contributed by atoms with E-state index in [0.29, 0.717) is 6.04 Å². The fraction of sp³-hybridized carbons (Fsp3) is 0.682. The molecular weight excluding hydrogens is 340 g/mol. The second kappa shape index (κ2) is 9.07. The third kappa shape index (κ3) is 4.82. The number of amides is 1. The standard InChI is InChI=1S/C22H32N2O3/c25-22(24-12-2-1-3-13-24)18-4-6-20(7-5-18)27-21-8-14-23(15-9-21)19-10-16-26-17-11-19/h4-7,19,21H,1-3,8-17H2. The molecule has 0 radical (unpaired) electrons. The summed E-state index contributed by atoms with van der Waals surface area (Å²) in [5.41, 5.74) is 0.776. The molecule has 1 aromatic rings. The maximum absolute atomic E-state index is 12.6. The van der Waals surface area contributed by atoms with Crippen LogP contribution in [0.25, 0.3) is 0 Å². The quantitative estimate of drug-likeness (QED) is 0.813. The molecule has 0 atom stereocenters. The van der Waals surface area contributed by atoms with Crippen molar-refractivity contribution in [2.24, 2.45) is 0 Å². The molecule has 3 heterocycles. The van der Waals surface area contributed by atoms with Gasteiger partial charge in [0.2, 0.25) is 0 Å². The molecule has 5 nitrogen and oxygen atoms in total. The van der Waals surface area contributed by atoms with Gasteiger partial charge >= 0.3 is 0 Å². The van der Waals surface area contributed by atoms with E-state index in [1.54, 1.807) is 0 Å². The lowest BCUT2D eigenvalue weighted by molar-refractivity contribution is 0.0101. The van der Waals surface area contributed by atoms with Gasteiger partial charge in [-0.3, -0.25) is 9.69 Å². The molecule has 1 amide bonds. The van der Waals surface area contributed by atoms with Gasteiger partial charge in [-0.25, -0.2) is 0 Å². The SMILES string of the molecule is O=C(c1ccc(OC2CCN(C3CCOCC3)CC2)cc1)N1CCCCC1. The lowest BCUT2D eigenvalue weighted by Crippen LogP contribution is -2.46. The number of hydrogen-bond donors (Lipinski definition) is 0. The van der Waals surface area contributed by atoms with E-state index in [-0.39, 0.29) is 12.0 Å². The molecule has 148 valence electrons. The van der Waals surface area contributed by atoms with E-state index < -0.39 is 0 Å². The minimum atomic E-state index is 0.158. The molecule has 3 aliphatic heterocycles.